The van der Waals surface area contributed by atoms with E-state index in [-0.39, 0.29) is 22.3 Å². The second-order valence-electron chi connectivity index (χ2n) is 8.60. The highest BCUT2D eigenvalue weighted by Gasteiger charge is 2.27. The maximum atomic E-state index is 13.1. The number of benzene rings is 2. The Bertz CT molecular complexity index is 1280. The lowest BCUT2D eigenvalue weighted by Crippen LogP contribution is -2.48. The molecule has 2 aliphatic rings. The van der Waals surface area contributed by atoms with Crippen molar-refractivity contribution >= 4 is 46.2 Å². The highest BCUT2D eigenvalue weighted by atomic mass is 35.5. The number of nitrogens with zero attached hydrogens (tertiary/aromatic N) is 4. The maximum Gasteiger partial charge on any atom is 0.292 e. The molecule has 2 saturated heterocycles. The van der Waals surface area contributed by atoms with Crippen LogP contribution in [0.2, 0.25) is 10.0 Å². The van der Waals surface area contributed by atoms with Gasteiger partial charge in [-0.3, -0.25) is 14.9 Å². The quantitative estimate of drug-likeness (QED) is 0.340. The number of carbonyl (C=O) groups is 1. The number of nitro benzene ring substituents is 1. The van der Waals surface area contributed by atoms with Gasteiger partial charge in [-0.2, -0.15) is 0 Å². The summed E-state index contributed by atoms with van der Waals surface area (Å²) in [4.78, 5) is 30.2. The summed E-state index contributed by atoms with van der Waals surface area (Å²) in [6.07, 6.45) is 0. The Morgan fingerprint density at radius 2 is 1.64 bits per heavy atom. The number of hydrogen-bond acceptors (Lipinski definition) is 7. The normalized spacial score (nSPS) is 16.3. The smallest absolute Gasteiger partial charge is 0.292 e. The average molecular weight is 531 g/mol. The van der Waals surface area contributed by atoms with Gasteiger partial charge in [-0.1, -0.05) is 23.2 Å². The van der Waals surface area contributed by atoms with E-state index in [1.54, 1.807) is 47.4 Å². The second-order valence-corrected chi connectivity index (χ2v) is 9.44. The fourth-order valence-corrected chi connectivity index (χ4v) is 5.03. The van der Waals surface area contributed by atoms with Crippen molar-refractivity contribution in [2.24, 2.45) is 0 Å². The van der Waals surface area contributed by atoms with Crippen LogP contribution >= 0.6 is 23.2 Å². The molecule has 2 aliphatic heterocycles. The molecule has 0 radical (unpaired) electrons. The van der Waals surface area contributed by atoms with Gasteiger partial charge in [0, 0.05) is 61.6 Å². The number of furan rings is 1. The van der Waals surface area contributed by atoms with Gasteiger partial charge < -0.3 is 23.9 Å². The van der Waals surface area contributed by atoms with E-state index >= 15 is 0 Å². The van der Waals surface area contributed by atoms with E-state index < -0.39 is 0 Å². The van der Waals surface area contributed by atoms with Crippen molar-refractivity contribution in [1.82, 2.24) is 4.90 Å². The van der Waals surface area contributed by atoms with Crippen LogP contribution in [-0.2, 0) is 4.74 Å². The number of carbonyl (C=O) groups excluding carboxylic acids is 1. The number of rotatable bonds is 5. The molecule has 1 amide bonds. The van der Waals surface area contributed by atoms with Gasteiger partial charge in [0.2, 0.25) is 0 Å². The third-order valence-electron chi connectivity index (χ3n) is 6.45. The van der Waals surface area contributed by atoms with Crippen LogP contribution in [0, 0.1) is 10.1 Å². The maximum absolute atomic E-state index is 13.1. The van der Waals surface area contributed by atoms with Crippen LogP contribution in [0.5, 0.6) is 0 Å². The lowest BCUT2D eigenvalue weighted by molar-refractivity contribution is -0.384. The molecule has 5 rings (SSSR count). The molecular formula is C25H24Cl2N4O5. The predicted octanol–water partition coefficient (Wildman–Crippen LogP) is 4.96. The molecule has 188 valence electrons. The lowest BCUT2D eigenvalue weighted by atomic mass is 10.1. The summed E-state index contributed by atoms with van der Waals surface area (Å²) in [5, 5.41) is 12.6. The summed E-state index contributed by atoms with van der Waals surface area (Å²) in [5.41, 5.74) is 2.25. The number of ether oxygens (including phenoxy) is 1. The second kappa shape index (κ2) is 10.4. The SMILES string of the molecule is O=C(c1ccc(-c2ccc(Cl)cc2Cl)o1)N1CCN(c2ccc([N+](=O)[O-])c(N3CCOCC3)c2)CC1. The van der Waals surface area contributed by atoms with E-state index in [4.69, 9.17) is 32.4 Å². The van der Waals surface area contributed by atoms with Crippen LogP contribution < -0.4 is 9.80 Å². The fourth-order valence-electron chi connectivity index (χ4n) is 4.53. The highest BCUT2D eigenvalue weighted by molar-refractivity contribution is 6.36. The van der Waals surface area contributed by atoms with Crippen LogP contribution in [0.25, 0.3) is 11.3 Å². The minimum Gasteiger partial charge on any atom is -0.451 e. The minimum atomic E-state index is -0.347. The summed E-state index contributed by atoms with van der Waals surface area (Å²) >= 11 is 12.2. The zero-order valence-corrected chi connectivity index (χ0v) is 20.9. The molecule has 3 aromatic rings. The number of nitro groups is 1. The van der Waals surface area contributed by atoms with Crippen LogP contribution in [0.4, 0.5) is 17.1 Å². The summed E-state index contributed by atoms with van der Waals surface area (Å²) in [5.74, 6) is 0.554. The topological polar surface area (TPSA) is 92.3 Å². The summed E-state index contributed by atoms with van der Waals surface area (Å²) in [7, 11) is 0. The van der Waals surface area contributed by atoms with E-state index in [2.05, 4.69) is 4.90 Å². The van der Waals surface area contributed by atoms with E-state index in [0.717, 1.165) is 5.69 Å². The van der Waals surface area contributed by atoms with Gasteiger partial charge >= 0.3 is 0 Å². The van der Waals surface area contributed by atoms with Crippen molar-refractivity contribution < 1.29 is 18.9 Å². The van der Waals surface area contributed by atoms with E-state index in [0.29, 0.717) is 79.5 Å². The van der Waals surface area contributed by atoms with Gasteiger partial charge in [0.15, 0.2) is 5.76 Å². The van der Waals surface area contributed by atoms with Crippen molar-refractivity contribution in [2.75, 3.05) is 62.3 Å². The number of amides is 1. The molecule has 0 N–H and O–H groups in total. The molecule has 0 spiro atoms. The van der Waals surface area contributed by atoms with Gasteiger partial charge in [0.25, 0.3) is 11.6 Å². The highest BCUT2D eigenvalue weighted by Crippen LogP contribution is 2.34. The number of morpholine rings is 1. The predicted molar refractivity (Wildman–Crippen MR) is 138 cm³/mol. The first-order valence-electron chi connectivity index (χ1n) is 11.6. The molecule has 0 bridgehead atoms. The molecule has 0 atom stereocenters. The van der Waals surface area contributed by atoms with Gasteiger partial charge in [-0.15, -0.1) is 0 Å². The molecule has 9 nitrogen and oxygen atoms in total. The monoisotopic (exact) mass is 530 g/mol. The number of anilines is 2. The van der Waals surface area contributed by atoms with Gasteiger partial charge in [0.1, 0.15) is 11.4 Å². The Labute approximate surface area is 217 Å². The molecule has 2 fully saturated rings. The summed E-state index contributed by atoms with van der Waals surface area (Å²) in [6, 6.07) is 13.7. The average Bonchev–Trinajstić information content (AvgIpc) is 3.38. The first-order chi connectivity index (χ1) is 17.4. The molecule has 0 unspecified atom stereocenters. The van der Waals surface area contributed by atoms with Crippen molar-refractivity contribution in [2.45, 2.75) is 0 Å². The number of piperazine rings is 1. The molecule has 0 aliphatic carbocycles. The molecule has 1 aromatic heterocycles. The van der Waals surface area contributed by atoms with Crippen molar-refractivity contribution in [3.05, 3.63) is 74.5 Å². The summed E-state index contributed by atoms with van der Waals surface area (Å²) in [6.45, 7) is 4.51. The first kappa shape index (κ1) is 24.4. The van der Waals surface area contributed by atoms with Gasteiger partial charge in [0.05, 0.1) is 23.2 Å². The zero-order chi connectivity index (χ0) is 25.2. The Balaban J connectivity index is 1.27. The largest absolute Gasteiger partial charge is 0.451 e. The Morgan fingerprint density at radius 3 is 2.33 bits per heavy atom. The molecule has 0 saturated carbocycles. The third kappa shape index (κ3) is 5.00. The Kier molecular flexibility index (Phi) is 7.04. The van der Waals surface area contributed by atoms with Gasteiger partial charge in [-0.05, 0) is 42.5 Å². The van der Waals surface area contributed by atoms with E-state index in [9.17, 15) is 14.9 Å². The molecule has 36 heavy (non-hydrogen) atoms. The standard InChI is InChI=1S/C25H24Cl2N4O5/c26-17-1-3-19(20(27)15-17)23-5-6-24(36-23)25(32)30-9-7-28(8-10-30)18-2-4-21(31(33)34)22(16-18)29-11-13-35-14-12-29/h1-6,15-16H,7-14H2. The zero-order valence-electron chi connectivity index (χ0n) is 19.4. The third-order valence-corrected chi connectivity index (χ3v) is 7.00. The number of hydrogen-bond donors (Lipinski definition) is 0. The van der Waals surface area contributed by atoms with Crippen molar-refractivity contribution in [1.29, 1.82) is 0 Å². The van der Waals surface area contributed by atoms with Crippen LogP contribution in [0.1, 0.15) is 10.6 Å². The fraction of sp³-hybridized carbons (Fsp3) is 0.320. The Morgan fingerprint density at radius 1 is 0.889 bits per heavy atom. The molecule has 3 heterocycles. The summed E-state index contributed by atoms with van der Waals surface area (Å²) < 4.78 is 11.2. The lowest BCUT2D eigenvalue weighted by Gasteiger charge is -2.36. The molecule has 11 heteroatoms. The van der Waals surface area contributed by atoms with Crippen LogP contribution in [0.15, 0.2) is 52.9 Å². The van der Waals surface area contributed by atoms with E-state index in [1.807, 2.05) is 11.0 Å². The number of halogens is 2. The molecular weight excluding hydrogens is 507 g/mol. The van der Waals surface area contributed by atoms with Crippen molar-refractivity contribution in [3.8, 4) is 11.3 Å². The van der Waals surface area contributed by atoms with Crippen LogP contribution in [0.3, 0.4) is 0 Å². The van der Waals surface area contributed by atoms with Gasteiger partial charge in [-0.25, -0.2) is 0 Å². The Hall–Kier alpha value is -3.27. The molecule has 2 aromatic carbocycles. The first-order valence-corrected chi connectivity index (χ1v) is 12.4. The van der Waals surface area contributed by atoms with E-state index in [1.165, 1.54) is 0 Å². The minimum absolute atomic E-state index is 0.0869. The van der Waals surface area contributed by atoms with Crippen LogP contribution in [-0.4, -0.2) is 68.2 Å². The van der Waals surface area contributed by atoms with Crippen molar-refractivity contribution in [3.63, 3.8) is 0 Å².